The van der Waals surface area contributed by atoms with Crippen molar-refractivity contribution in [3.63, 3.8) is 0 Å². The van der Waals surface area contributed by atoms with E-state index in [4.69, 9.17) is 10.2 Å². The van der Waals surface area contributed by atoms with Crippen molar-refractivity contribution in [3.05, 3.63) is 40.7 Å². The van der Waals surface area contributed by atoms with E-state index in [0.29, 0.717) is 5.56 Å². The minimum atomic E-state index is -0.425. The highest BCUT2D eigenvalue weighted by atomic mass is 16.3. The number of nitrogens with zero attached hydrogens (tertiary/aromatic N) is 1. The highest BCUT2D eigenvalue weighted by Gasteiger charge is 2.02. The number of nitrogens with one attached hydrogen (secondary N) is 1. The number of rotatable bonds is 1. The lowest BCUT2D eigenvalue weighted by atomic mass is 10.2. The van der Waals surface area contributed by atoms with E-state index in [-0.39, 0.29) is 17.5 Å². The van der Waals surface area contributed by atoms with E-state index in [9.17, 15) is 4.79 Å². The van der Waals surface area contributed by atoms with Gasteiger partial charge in [0.25, 0.3) is 5.56 Å². The quantitative estimate of drug-likeness (QED) is 0.642. The summed E-state index contributed by atoms with van der Waals surface area (Å²) in [6.07, 6.45) is 0. The second kappa shape index (κ2) is 3.45. The summed E-state index contributed by atoms with van der Waals surface area (Å²) in [5.41, 5.74) is 0.186. The highest BCUT2D eigenvalue weighted by molar-refractivity contribution is 5.56. The Kier molecular flexibility index (Phi) is 2.13. The van der Waals surface area contributed by atoms with Gasteiger partial charge in [-0.25, -0.2) is 0 Å². The largest absolute Gasteiger partial charge is 0.508 e. The van der Waals surface area contributed by atoms with Gasteiger partial charge in [-0.1, -0.05) is 0 Å². The number of H-pyrrole nitrogens is 1. The van der Waals surface area contributed by atoms with Crippen LogP contribution in [0.2, 0.25) is 0 Å². The topological polar surface area (TPSA) is 86.2 Å². The van der Waals surface area contributed by atoms with E-state index < -0.39 is 5.56 Å². The second-order valence-corrected chi connectivity index (χ2v) is 3.00. The summed E-state index contributed by atoms with van der Waals surface area (Å²) >= 11 is 0. The molecular weight excluding hydrogens is 196 g/mol. The van der Waals surface area contributed by atoms with Crippen molar-refractivity contribution in [1.82, 2.24) is 9.97 Å². The van der Waals surface area contributed by atoms with Crippen LogP contribution in [0, 0.1) is 0 Å². The minimum Gasteiger partial charge on any atom is -0.508 e. The van der Waals surface area contributed by atoms with Crippen molar-refractivity contribution in [2.45, 2.75) is 0 Å². The summed E-state index contributed by atoms with van der Waals surface area (Å²) in [7, 11) is 0. The molecule has 0 unspecified atom stereocenters. The van der Waals surface area contributed by atoms with Crippen LogP contribution in [0.1, 0.15) is 0 Å². The van der Waals surface area contributed by atoms with Gasteiger partial charge in [0, 0.05) is 5.56 Å². The summed E-state index contributed by atoms with van der Waals surface area (Å²) in [5, 5.41) is 18.2. The Balaban J connectivity index is 2.54. The Hall–Kier alpha value is -2.30. The van der Waals surface area contributed by atoms with Gasteiger partial charge in [0.2, 0.25) is 5.88 Å². The number of phenols is 1. The average molecular weight is 204 g/mol. The van der Waals surface area contributed by atoms with Crippen LogP contribution in [-0.4, -0.2) is 20.2 Å². The molecule has 3 N–H and O–H groups in total. The molecule has 0 saturated heterocycles. The molecule has 1 aromatic heterocycles. The molecule has 76 valence electrons. The van der Waals surface area contributed by atoms with Crippen LogP contribution in [0.4, 0.5) is 0 Å². The van der Waals surface area contributed by atoms with Gasteiger partial charge in [-0.05, 0) is 24.3 Å². The summed E-state index contributed by atoms with van der Waals surface area (Å²) in [6.45, 7) is 0. The third-order valence-corrected chi connectivity index (χ3v) is 1.87. The van der Waals surface area contributed by atoms with Crippen LogP contribution >= 0.6 is 0 Å². The molecule has 2 rings (SSSR count). The molecule has 0 atom stereocenters. The van der Waals surface area contributed by atoms with Crippen LogP contribution < -0.4 is 5.56 Å². The van der Waals surface area contributed by atoms with Crippen LogP contribution in [0.15, 0.2) is 35.1 Å². The molecule has 2 aromatic rings. The number of aromatic nitrogens is 2. The van der Waals surface area contributed by atoms with E-state index in [1.54, 1.807) is 12.1 Å². The maximum absolute atomic E-state index is 11.0. The second-order valence-electron chi connectivity index (χ2n) is 3.00. The minimum absolute atomic E-state index is 0.126. The van der Waals surface area contributed by atoms with Crippen LogP contribution in [-0.2, 0) is 0 Å². The lowest BCUT2D eigenvalue weighted by molar-refractivity contribution is 0.452. The zero-order valence-corrected chi connectivity index (χ0v) is 7.64. The zero-order valence-electron chi connectivity index (χ0n) is 7.64. The summed E-state index contributed by atoms with van der Waals surface area (Å²) in [5.74, 6) is 0.0584. The Morgan fingerprint density at radius 1 is 1.13 bits per heavy atom. The lowest BCUT2D eigenvalue weighted by Gasteiger charge is -2.00. The van der Waals surface area contributed by atoms with Gasteiger partial charge in [0.05, 0.1) is 6.07 Å². The molecule has 0 aliphatic heterocycles. The fraction of sp³-hybridized carbons (Fsp3) is 0. The molecule has 0 amide bonds. The molecule has 5 nitrogen and oxygen atoms in total. The van der Waals surface area contributed by atoms with Crippen molar-refractivity contribution in [2.24, 2.45) is 0 Å². The van der Waals surface area contributed by atoms with Gasteiger partial charge < -0.3 is 15.2 Å². The Morgan fingerprint density at radius 2 is 1.80 bits per heavy atom. The van der Waals surface area contributed by atoms with Gasteiger partial charge in [0.1, 0.15) is 11.6 Å². The normalized spacial score (nSPS) is 10.1. The standard InChI is InChI=1S/C10H8N2O3/c13-7-3-1-6(2-4-7)10-11-8(14)5-9(15)12-10/h1-5,13H,(H2,11,12,14,15). The van der Waals surface area contributed by atoms with E-state index in [1.807, 2.05) is 0 Å². The van der Waals surface area contributed by atoms with E-state index in [0.717, 1.165) is 6.07 Å². The van der Waals surface area contributed by atoms with E-state index in [2.05, 4.69) is 9.97 Å². The first kappa shape index (κ1) is 9.26. The Morgan fingerprint density at radius 3 is 2.40 bits per heavy atom. The van der Waals surface area contributed by atoms with Crippen LogP contribution in [0.3, 0.4) is 0 Å². The van der Waals surface area contributed by atoms with Gasteiger partial charge in [-0.3, -0.25) is 4.79 Å². The fourth-order valence-electron chi connectivity index (χ4n) is 1.20. The van der Waals surface area contributed by atoms with Gasteiger partial charge in [0.15, 0.2) is 0 Å². The molecule has 1 heterocycles. The smallest absolute Gasteiger partial charge is 0.254 e. The number of phenolic OH excluding ortho intramolecular Hbond substituents is 1. The first-order valence-electron chi connectivity index (χ1n) is 4.25. The summed E-state index contributed by atoms with van der Waals surface area (Å²) in [6, 6.07) is 7.11. The molecule has 0 bridgehead atoms. The molecule has 0 radical (unpaired) electrons. The zero-order chi connectivity index (χ0) is 10.8. The van der Waals surface area contributed by atoms with Crippen LogP contribution in [0.25, 0.3) is 11.4 Å². The number of hydrogen-bond acceptors (Lipinski definition) is 4. The summed E-state index contributed by atoms with van der Waals surface area (Å²) in [4.78, 5) is 17.3. The van der Waals surface area contributed by atoms with Gasteiger partial charge in [-0.2, -0.15) is 4.98 Å². The van der Waals surface area contributed by atoms with E-state index >= 15 is 0 Å². The predicted molar refractivity (Wildman–Crippen MR) is 53.6 cm³/mol. The number of aromatic amines is 1. The first-order chi connectivity index (χ1) is 7.15. The molecule has 1 aromatic carbocycles. The maximum atomic E-state index is 11.0. The van der Waals surface area contributed by atoms with Crippen LogP contribution in [0.5, 0.6) is 11.6 Å². The predicted octanol–water partition coefficient (Wildman–Crippen LogP) is 0.848. The number of benzene rings is 1. The molecule has 0 saturated carbocycles. The van der Waals surface area contributed by atoms with Crippen molar-refractivity contribution in [2.75, 3.05) is 0 Å². The SMILES string of the molecule is O=c1cc(O)nc(-c2ccc(O)cc2)[nH]1. The Bertz CT molecular complexity index is 531. The van der Waals surface area contributed by atoms with Crippen molar-refractivity contribution in [3.8, 4) is 23.0 Å². The van der Waals surface area contributed by atoms with Gasteiger partial charge in [-0.15, -0.1) is 0 Å². The van der Waals surface area contributed by atoms with E-state index in [1.165, 1.54) is 12.1 Å². The molecule has 15 heavy (non-hydrogen) atoms. The maximum Gasteiger partial charge on any atom is 0.254 e. The Labute approximate surface area is 84.7 Å². The number of aromatic hydroxyl groups is 2. The molecule has 0 spiro atoms. The fourth-order valence-corrected chi connectivity index (χ4v) is 1.20. The number of hydrogen-bond donors (Lipinski definition) is 3. The average Bonchev–Trinajstić information content (AvgIpc) is 2.17. The molecule has 0 aliphatic carbocycles. The van der Waals surface area contributed by atoms with Gasteiger partial charge >= 0.3 is 0 Å². The highest BCUT2D eigenvalue weighted by Crippen LogP contribution is 2.18. The molecule has 0 fully saturated rings. The van der Waals surface area contributed by atoms with Crippen molar-refractivity contribution >= 4 is 0 Å². The summed E-state index contributed by atoms with van der Waals surface area (Å²) < 4.78 is 0. The van der Waals surface area contributed by atoms with Crippen molar-refractivity contribution < 1.29 is 10.2 Å². The third-order valence-electron chi connectivity index (χ3n) is 1.87. The molecule has 0 aliphatic rings. The lowest BCUT2D eigenvalue weighted by Crippen LogP contribution is -2.06. The van der Waals surface area contributed by atoms with Crippen molar-refractivity contribution in [1.29, 1.82) is 0 Å². The monoisotopic (exact) mass is 204 g/mol. The third kappa shape index (κ3) is 1.96. The first-order valence-corrected chi connectivity index (χ1v) is 4.25. The molecule has 5 heteroatoms. The molecular formula is C10H8N2O3.